The lowest BCUT2D eigenvalue weighted by molar-refractivity contribution is 0.00395. The van der Waals surface area contributed by atoms with Crippen LogP contribution in [0.3, 0.4) is 0 Å². The highest BCUT2D eigenvalue weighted by Crippen LogP contribution is 2.20. The molecule has 0 aromatic heterocycles. The number of ether oxygens (including phenoxy) is 2. The van der Waals surface area contributed by atoms with E-state index in [0.717, 1.165) is 71.3 Å². The van der Waals surface area contributed by atoms with Gasteiger partial charge in [0.2, 0.25) is 0 Å². The van der Waals surface area contributed by atoms with Crippen molar-refractivity contribution in [1.29, 1.82) is 0 Å². The maximum absolute atomic E-state index is 5.54. The molecule has 1 fully saturated rings. The van der Waals surface area contributed by atoms with Crippen LogP contribution in [0.1, 0.15) is 52.9 Å². The van der Waals surface area contributed by atoms with Crippen LogP contribution in [0.4, 0.5) is 0 Å². The summed E-state index contributed by atoms with van der Waals surface area (Å²) in [6.45, 7) is 14.0. The monoisotopic (exact) mass is 498 g/mol. The summed E-state index contributed by atoms with van der Waals surface area (Å²) in [5.41, 5.74) is 0. The third-order valence-electron chi connectivity index (χ3n) is 5.21. The summed E-state index contributed by atoms with van der Waals surface area (Å²) in [5.74, 6) is 1.64. The Labute approximate surface area is 184 Å². The van der Waals surface area contributed by atoms with Crippen LogP contribution >= 0.6 is 24.0 Å². The summed E-state index contributed by atoms with van der Waals surface area (Å²) in [4.78, 5) is 7.51. The van der Waals surface area contributed by atoms with Crippen molar-refractivity contribution in [3.63, 3.8) is 0 Å². The lowest BCUT2D eigenvalue weighted by Crippen LogP contribution is -2.49. The minimum atomic E-state index is 0. The molecular formula is C20H43IN4O2. The van der Waals surface area contributed by atoms with Crippen molar-refractivity contribution in [3.8, 4) is 0 Å². The highest BCUT2D eigenvalue weighted by atomic mass is 127. The summed E-state index contributed by atoms with van der Waals surface area (Å²) in [6, 6.07) is 0.506. The second-order valence-electron chi connectivity index (χ2n) is 6.99. The molecule has 1 aliphatic heterocycles. The van der Waals surface area contributed by atoms with Gasteiger partial charge in [-0.2, -0.15) is 0 Å². The van der Waals surface area contributed by atoms with E-state index in [1.54, 1.807) is 7.11 Å². The van der Waals surface area contributed by atoms with Gasteiger partial charge in [0.25, 0.3) is 0 Å². The lowest BCUT2D eigenvalue weighted by Gasteiger charge is -2.38. The van der Waals surface area contributed by atoms with Crippen molar-refractivity contribution in [2.24, 2.45) is 10.9 Å². The third kappa shape index (κ3) is 11.5. The lowest BCUT2D eigenvalue weighted by atomic mass is 9.92. The standard InChI is InChI=1S/C20H42N4O2.HI/c1-5-18(6-2)19(24-12-15-26-16-13-24)17-23-20(21-7-3)22-11-9-8-10-14-25-4;/h18-19H,5-17H2,1-4H3,(H2,21,22,23);1H. The Kier molecular flexibility index (Phi) is 17.9. The molecule has 1 atom stereocenters. The molecule has 0 bridgehead atoms. The molecule has 27 heavy (non-hydrogen) atoms. The van der Waals surface area contributed by atoms with Crippen molar-refractivity contribution in [2.75, 3.05) is 59.7 Å². The summed E-state index contributed by atoms with van der Waals surface area (Å²) in [7, 11) is 1.76. The van der Waals surface area contributed by atoms with Gasteiger partial charge in [-0.15, -0.1) is 24.0 Å². The van der Waals surface area contributed by atoms with Crippen molar-refractivity contribution in [2.45, 2.75) is 58.9 Å². The molecule has 0 spiro atoms. The number of guanidine groups is 1. The Balaban J connectivity index is 0.00000676. The Morgan fingerprint density at radius 2 is 1.78 bits per heavy atom. The number of nitrogens with zero attached hydrogens (tertiary/aromatic N) is 2. The highest BCUT2D eigenvalue weighted by molar-refractivity contribution is 14.0. The number of nitrogens with one attached hydrogen (secondary N) is 2. The van der Waals surface area contributed by atoms with Gasteiger partial charge in [-0.25, -0.2) is 0 Å². The Hall–Kier alpha value is -0.120. The largest absolute Gasteiger partial charge is 0.385 e. The first-order valence-electron chi connectivity index (χ1n) is 10.6. The van der Waals surface area contributed by atoms with E-state index < -0.39 is 0 Å². The molecule has 1 heterocycles. The fourth-order valence-corrected chi connectivity index (χ4v) is 3.59. The second-order valence-corrected chi connectivity index (χ2v) is 6.99. The average molecular weight is 498 g/mol. The Morgan fingerprint density at radius 3 is 2.37 bits per heavy atom. The SMILES string of the molecule is CCNC(=NCC(C(CC)CC)N1CCOCC1)NCCCCCOC.I. The van der Waals surface area contributed by atoms with E-state index in [9.17, 15) is 0 Å². The molecule has 162 valence electrons. The quantitative estimate of drug-likeness (QED) is 0.177. The Bertz CT molecular complexity index is 362. The van der Waals surface area contributed by atoms with E-state index in [4.69, 9.17) is 14.5 Å². The van der Waals surface area contributed by atoms with Crippen LogP contribution < -0.4 is 10.6 Å². The fourth-order valence-electron chi connectivity index (χ4n) is 3.59. The molecule has 0 amide bonds. The van der Waals surface area contributed by atoms with Crippen molar-refractivity contribution < 1.29 is 9.47 Å². The van der Waals surface area contributed by atoms with E-state index in [0.29, 0.717) is 12.0 Å². The van der Waals surface area contributed by atoms with Crippen LogP contribution in [0.15, 0.2) is 4.99 Å². The number of hydrogen-bond acceptors (Lipinski definition) is 4. The topological polar surface area (TPSA) is 58.1 Å². The van der Waals surface area contributed by atoms with Crippen molar-refractivity contribution >= 4 is 29.9 Å². The zero-order valence-corrected chi connectivity index (χ0v) is 20.3. The predicted molar refractivity (Wildman–Crippen MR) is 125 cm³/mol. The molecule has 0 aromatic carbocycles. The maximum atomic E-state index is 5.54. The van der Waals surface area contributed by atoms with E-state index in [2.05, 4.69) is 36.3 Å². The number of methoxy groups -OCH3 is 1. The normalized spacial score (nSPS) is 16.9. The van der Waals surface area contributed by atoms with Crippen LogP contribution in [-0.4, -0.2) is 76.6 Å². The summed E-state index contributed by atoms with van der Waals surface area (Å²) >= 11 is 0. The first-order chi connectivity index (χ1) is 12.8. The van der Waals surface area contributed by atoms with E-state index in [1.807, 2.05) is 0 Å². The van der Waals surface area contributed by atoms with Crippen LogP contribution in [-0.2, 0) is 9.47 Å². The minimum Gasteiger partial charge on any atom is -0.385 e. The maximum Gasteiger partial charge on any atom is 0.191 e. The first kappa shape index (κ1) is 26.9. The number of halogens is 1. The summed E-state index contributed by atoms with van der Waals surface area (Å²) in [5, 5.41) is 6.87. The zero-order chi connectivity index (χ0) is 19.0. The molecule has 7 heteroatoms. The molecule has 1 saturated heterocycles. The van der Waals surface area contributed by atoms with Gasteiger partial charge in [0, 0.05) is 45.9 Å². The minimum absolute atomic E-state index is 0. The van der Waals surface area contributed by atoms with Gasteiger partial charge in [0.05, 0.1) is 19.8 Å². The molecule has 6 nitrogen and oxygen atoms in total. The number of hydrogen-bond donors (Lipinski definition) is 2. The molecule has 0 radical (unpaired) electrons. The molecule has 2 N–H and O–H groups in total. The van der Waals surface area contributed by atoms with Crippen molar-refractivity contribution in [1.82, 2.24) is 15.5 Å². The van der Waals surface area contributed by atoms with Gasteiger partial charge in [0.1, 0.15) is 0 Å². The number of rotatable bonds is 13. The summed E-state index contributed by atoms with van der Waals surface area (Å²) < 4.78 is 10.6. The third-order valence-corrected chi connectivity index (χ3v) is 5.21. The van der Waals surface area contributed by atoms with E-state index >= 15 is 0 Å². The second kappa shape index (κ2) is 17.9. The first-order valence-corrected chi connectivity index (χ1v) is 10.6. The smallest absolute Gasteiger partial charge is 0.191 e. The molecule has 1 aliphatic rings. The van der Waals surface area contributed by atoms with E-state index in [1.165, 1.54) is 19.3 Å². The van der Waals surface area contributed by atoms with Gasteiger partial charge in [-0.05, 0) is 32.1 Å². The zero-order valence-electron chi connectivity index (χ0n) is 18.0. The molecule has 1 rings (SSSR count). The highest BCUT2D eigenvalue weighted by Gasteiger charge is 2.26. The Morgan fingerprint density at radius 1 is 1.07 bits per heavy atom. The van der Waals surface area contributed by atoms with Crippen molar-refractivity contribution in [3.05, 3.63) is 0 Å². The van der Waals surface area contributed by atoms with Crippen LogP contribution in [0.5, 0.6) is 0 Å². The van der Waals surface area contributed by atoms with Crippen LogP contribution in [0.2, 0.25) is 0 Å². The van der Waals surface area contributed by atoms with Gasteiger partial charge >= 0.3 is 0 Å². The average Bonchev–Trinajstić information content (AvgIpc) is 2.68. The number of unbranched alkanes of at least 4 members (excludes halogenated alkanes) is 2. The molecule has 0 aliphatic carbocycles. The van der Waals surface area contributed by atoms with Gasteiger partial charge in [-0.3, -0.25) is 9.89 Å². The molecule has 0 saturated carbocycles. The van der Waals surface area contributed by atoms with E-state index in [-0.39, 0.29) is 24.0 Å². The number of aliphatic imine (C=N–C) groups is 1. The number of morpholine rings is 1. The van der Waals surface area contributed by atoms with Crippen LogP contribution in [0, 0.1) is 5.92 Å². The fraction of sp³-hybridized carbons (Fsp3) is 0.950. The summed E-state index contributed by atoms with van der Waals surface area (Å²) in [6.07, 6.45) is 5.87. The van der Waals surface area contributed by atoms with Gasteiger partial charge in [0.15, 0.2) is 5.96 Å². The van der Waals surface area contributed by atoms with Gasteiger partial charge in [-0.1, -0.05) is 26.7 Å². The molecule has 1 unspecified atom stereocenters. The van der Waals surface area contributed by atoms with Crippen LogP contribution in [0.25, 0.3) is 0 Å². The molecule has 0 aromatic rings. The van der Waals surface area contributed by atoms with Gasteiger partial charge < -0.3 is 20.1 Å². The predicted octanol–water partition coefficient (Wildman–Crippen LogP) is 3.11. The molecular weight excluding hydrogens is 455 g/mol.